The van der Waals surface area contributed by atoms with Gasteiger partial charge in [0.1, 0.15) is 0 Å². The summed E-state index contributed by atoms with van der Waals surface area (Å²) in [6, 6.07) is 0. The molecule has 0 amide bonds. The summed E-state index contributed by atoms with van der Waals surface area (Å²) in [4.78, 5) is 10.7. The minimum atomic E-state index is -0.174. The molecule has 2 nitrogen and oxygen atoms in total. The van der Waals surface area contributed by atoms with Gasteiger partial charge in [-0.25, -0.2) is 9.78 Å². The first-order valence-electron chi connectivity index (χ1n) is 4.70. The molecule has 0 aliphatic rings. The number of hydrogen-bond donors (Lipinski definition) is 0. The quantitative estimate of drug-likeness (QED) is 0.414. The fourth-order valence-electron chi connectivity index (χ4n) is 0.343. The van der Waals surface area contributed by atoms with Crippen LogP contribution in [0.1, 0.15) is 54.4 Å². The van der Waals surface area contributed by atoms with Crippen molar-refractivity contribution in [2.24, 2.45) is 0 Å². The van der Waals surface area contributed by atoms with Crippen molar-refractivity contribution in [3.8, 4) is 0 Å². The molecule has 0 N–H and O–H groups in total. The van der Waals surface area contributed by atoms with Crippen molar-refractivity contribution in [3.63, 3.8) is 0 Å². The van der Waals surface area contributed by atoms with Crippen LogP contribution in [0.15, 0.2) is 0 Å². The molecule has 78 valence electrons. The van der Waals surface area contributed by atoms with Gasteiger partial charge in [-0.15, -0.1) is 0 Å². The normalized spacial score (nSPS) is 11.6. The van der Waals surface area contributed by atoms with Crippen molar-refractivity contribution in [2.75, 3.05) is 0 Å². The van der Waals surface area contributed by atoms with Crippen molar-refractivity contribution in [1.82, 2.24) is 0 Å². The van der Waals surface area contributed by atoms with Gasteiger partial charge in [-0.05, 0) is 40.5 Å². The zero-order valence-corrected chi connectivity index (χ0v) is 9.23. The van der Waals surface area contributed by atoms with Crippen LogP contribution in [0.3, 0.4) is 0 Å². The zero-order chi connectivity index (χ0) is 9.83. The van der Waals surface area contributed by atoms with E-state index in [9.17, 15) is 0 Å². The van der Waals surface area contributed by atoms with Gasteiger partial charge in [0.15, 0.2) is 0 Å². The summed E-state index contributed by atoms with van der Waals surface area (Å²) < 4.78 is 0. The fraction of sp³-hybridized carbons (Fsp3) is 1.00. The SMILES string of the molecule is CCC(C)(C)OOC(C)(C)CC.[KH].[NaH]. The van der Waals surface area contributed by atoms with Crippen molar-refractivity contribution in [3.05, 3.63) is 0 Å². The maximum atomic E-state index is 5.33. The minimum absolute atomic E-state index is 0. The Balaban J connectivity index is -0.000000605. The fourth-order valence-corrected chi connectivity index (χ4v) is 0.343. The predicted molar refractivity (Wildman–Crippen MR) is 65.2 cm³/mol. The van der Waals surface area contributed by atoms with Crippen LogP contribution in [-0.4, -0.2) is 92.1 Å². The maximum absolute atomic E-state index is 5.33. The standard InChI is InChI=1S/C10H22O2.K.Na.2H/c1-7-9(3,4)11-12-10(5,6)8-2;;;;/h7-8H2,1-6H3;;;;. The summed E-state index contributed by atoms with van der Waals surface area (Å²) in [7, 11) is 0. The van der Waals surface area contributed by atoms with E-state index in [2.05, 4.69) is 13.8 Å². The van der Waals surface area contributed by atoms with E-state index < -0.39 is 0 Å². The Morgan fingerprint density at radius 1 is 0.786 bits per heavy atom. The van der Waals surface area contributed by atoms with Crippen molar-refractivity contribution in [1.29, 1.82) is 0 Å². The number of rotatable bonds is 5. The van der Waals surface area contributed by atoms with Crippen LogP contribution in [-0.2, 0) is 9.78 Å². The molecule has 0 fully saturated rings. The van der Waals surface area contributed by atoms with Crippen molar-refractivity contribution < 1.29 is 9.78 Å². The summed E-state index contributed by atoms with van der Waals surface area (Å²) in [5, 5.41) is 0. The van der Waals surface area contributed by atoms with Crippen LogP contribution < -0.4 is 0 Å². The molecule has 0 bridgehead atoms. The molecule has 0 saturated heterocycles. The van der Waals surface area contributed by atoms with E-state index in [0.717, 1.165) is 12.8 Å². The van der Waals surface area contributed by atoms with Gasteiger partial charge in [-0.3, -0.25) is 0 Å². The Morgan fingerprint density at radius 2 is 1.00 bits per heavy atom. The Labute approximate surface area is 154 Å². The third-order valence-corrected chi connectivity index (χ3v) is 2.20. The molecule has 0 unspecified atom stereocenters. The van der Waals surface area contributed by atoms with Gasteiger partial charge < -0.3 is 0 Å². The zero-order valence-electron chi connectivity index (χ0n) is 9.23. The summed E-state index contributed by atoms with van der Waals surface area (Å²) in [5.41, 5.74) is -0.348. The van der Waals surface area contributed by atoms with Crippen molar-refractivity contribution in [2.45, 2.75) is 65.6 Å². The van der Waals surface area contributed by atoms with Gasteiger partial charge in [-0.1, -0.05) is 13.8 Å². The molecular weight excluding hydrogens is 214 g/mol. The van der Waals surface area contributed by atoms with E-state index >= 15 is 0 Å². The van der Waals surface area contributed by atoms with E-state index in [1.165, 1.54) is 0 Å². The summed E-state index contributed by atoms with van der Waals surface area (Å²) in [6.45, 7) is 12.3. The van der Waals surface area contributed by atoms with Gasteiger partial charge in [-0.2, -0.15) is 0 Å². The number of hydrogen-bond acceptors (Lipinski definition) is 2. The molecule has 4 heteroatoms. The molecule has 0 aliphatic carbocycles. The molecule has 14 heavy (non-hydrogen) atoms. The molecule has 0 atom stereocenters. The first-order valence-corrected chi connectivity index (χ1v) is 4.70. The van der Waals surface area contributed by atoms with E-state index in [0.29, 0.717) is 0 Å². The van der Waals surface area contributed by atoms with E-state index in [4.69, 9.17) is 9.78 Å². The molecule has 0 saturated carbocycles. The van der Waals surface area contributed by atoms with Gasteiger partial charge in [0.05, 0.1) is 11.2 Å². The van der Waals surface area contributed by atoms with Crippen molar-refractivity contribution >= 4 is 80.9 Å². The molecule has 0 rings (SSSR count). The topological polar surface area (TPSA) is 18.5 Å². The first kappa shape index (κ1) is 21.8. The van der Waals surface area contributed by atoms with Gasteiger partial charge in [0, 0.05) is 0 Å². The second-order valence-electron chi connectivity index (χ2n) is 4.39. The average molecular weight is 238 g/mol. The van der Waals surface area contributed by atoms with E-state index in [-0.39, 0.29) is 92.1 Å². The summed E-state index contributed by atoms with van der Waals surface area (Å²) in [5.74, 6) is 0. The Bertz CT molecular complexity index is 122. The molecule has 0 heterocycles. The molecule has 0 aromatic heterocycles. The molecule has 0 aliphatic heterocycles. The third-order valence-electron chi connectivity index (χ3n) is 2.20. The van der Waals surface area contributed by atoms with Crippen LogP contribution in [0, 0.1) is 0 Å². The summed E-state index contributed by atoms with van der Waals surface area (Å²) >= 11 is 0. The Hall–Kier alpha value is 2.56. The molecular formula is C10H24KNaO2. The van der Waals surface area contributed by atoms with Gasteiger partial charge in [0.2, 0.25) is 0 Å². The van der Waals surface area contributed by atoms with E-state index in [1.54, 1.807) is 0 Å². The third kappa shape index (κ3) is 11.1. The summed E-state index contributed by atoms with van der Waals surface area (Å²) in [6.07, 6.45) is 1.90. The molecule has 0 aromatic carbocycles. The predicted octanol–water partition coefficient (Wildman–Crippen LogP) is 2.01. The van der Waals surface area contributed by atoms with Gasteiger partial charge in [0.25, 0.3) is 0 Å². The molecule has 0 spiro atoms. The molecule has 0 aromatic rings. The first-order chi connectivity index (χ1) is 5.33. The monoisotopic (exact) mass is 238 g/mol. The second-order valence-corrected chi connectivity index (χ2v) is 4.39. The van der Waals surface area contributed by atoms with E-state index in [1.807, 2.05) is 27.7 Å². The van der Waals surface area contributed by atoms with Crippen LogP contribution in [0.2, 0.25) is 0 Å². The Morgan fingerprint density at radius 3 is 1.14 bits per heavy atom. The average Bonchev–Trinajstić information content (AvgIpc) is 2.02. The van der Waals surface area contributed by atoms with Gasteiger partial charge >= 0.3 is 80.9 Å². The Kier molecular flexibility index (Phi) is 14.9. The molecule has 0 radical (unpaired) electrons. The van der Waals surface area contributed by atoms with Crippen LogP contribution in [0.5, 0.6) is 0 Å². The van der Waals surface area contributed by atoms with Crippen LogP contribution in [0.25, 0.3) is 0 Å². The van der Waals surface area contributed by atoms with Crippen LogP contribution in [0.4, 0.5) is 0 Å². The van der Waals surface area contributed by atoms with Crippen LogP contribution >= 0.6 is 0 Å². The second kappa shape index (κ2) is 9.57.